The third-order valence-electron chi connectivity index (χ3n) is 9.80. The van der Waals surface area contributed by atoms with Gasteiger partial charge in [-0.05, 0) is 86.9 Å². The molecule has 1 N–H and O–H groups in total. The summed E-state index contributed by atoms with van der Waals surface area (Å²) < 4.78 is 0. The molecule has 158 valence electrons. The Labute approximate surface area is 174 Å². The summed E-state index contributed by atoms with van der Waals surface area (Å²) in [5, 5.41) is 9.31. The monoisotopic (exact) mass is 384 g/mol. The summed E-state index contributed by atoms with van der Waals surface area (Å²) in [4.78, 5) is 0. The van der Waals surface area contributed by atoms with Gasteiger partial charge in [-0.3, -0.25) is 0 Å². The molecule has 0 saturated heterocycles. The van der Waals surface area contributed by atoms with E-state index >= 15 is 0 Å². The quantitative estimate of drug-likeness (QED) is 0.471. The fourth-order valence-corrected chi connectivity index (χ4v) is 8.01. The highest BCUT2D eigenvalue weighted by Crippen LogP contribution is 2.64. The summed E-state index contributed by atoms with van der Waals surface area (Å²) in [6.45, 7) is 10.3. The molecule has 0 aromatic rings. The Bertz CT molecular complexity index is 643. The molecule has 28 heavy (non-hydrogen) atoms. The molecule has 4 aliphatic carbocycles. The summed E-state index contributed by atoms with van der Waals surface area (Å²) in [6, 6.07) is 0. The van der Waals surface area contributed by atoms with E-state index in [1.54, 1.807) is 5.57 Å². The third-order valence-corrected chi connectivity index (χ3v) is 9.80. The Kier molecular flexibility index (Phi) is 5.87. The van der Waals surface area contributed by atoms with Crippen LogP contribution >= 0.6 is 0 Å². The molecule has 2 saturated carbocycles. The lowest BCUT2D eigenvalue weighted by molar-refractivity contribution is 0.0947. The van der Waals surface area contributed by atoms with E-state index in [-0.39, 0.29) is 0 Å². The lowest BCUT2D eigenvalue weighted by atomic mass is 9.53. The Morgan fingerprint density at radius 1 is 1.07 bits per heavy atom. The molecular formula is C27H44O. The highest BCUT2D eigenvalue weighted by Gasteiger charge is 2.54. The minimum atomic E-state index is 0.350. The van der Waals surface area contributed by atoms with Crippen molar-refractivity contribution in [2.45, 2.75) is 105 Å². The van der Waals surface area contributed by atoms with Crippen molar-refractivity contribution < 1.29 is 5.11 Å². The molecule has 1 nitrogen and oxygen atoms in total. The SMILES string of the molecule is CC(CO)CCC[C@@H](C)[C@H]1CC[C@H]2C3=C(CC[C@]12C)[C@@]1(C)CCCCC1=CC3. The van der Waals surface area contributed by atoms with E-state index < -0.39 is 0 Å². The van der Waals surface area contributed by atoms with E-state index in [9.17, 15) is 5.11 Å². The van der Waals surface area contributed by atoms with Crippen molar-refractivity contribution in [3.63, 3.8) is 0 Å². The van der Waals surface area contributed by atoms with Gasteiger partial charge in [-0.15, -0.1) is 0 Å². The van der Waals surface area contributed by atoms with Crippen molar-refractivity contribution in [2.75, 3.05) is 6.61 Å². The van der Waals surface area contributed by atoms with Gasteiger partial charge in [0.1, 0.15) is 0 Å². The molecule has 1 unspecified atom stereocenters. The summed E-state index contributed by atoms with van der Waals surface area (Å²) in [5.74, 6) is 3.07. The zero-order chi connectivity index (χ0) is 19.9. The van der Waals surface area contributed by atoms with Crippen molar-refractivity contribution in [1.29, 1.82) is 0 Å². The van der Waals surface area contributed by atoms with Gasteiger partial charge in [0, 0.05) is 12.0 Å². The summed E-state index contributed by atoms with van der Waals surface area (Å²) in [5.41, 5.74) is 6.55. The van der Waals surface area contributed by atoms with Gasteiger partial charge in [0.05, 0.1) is 0 Å². The average molecular weight is 385 g/mol. The molecule has 2 fully saturated rings. The number of aliphatic hydroxyl groups excluding tert-OH is 1. The van der Waals surface area contributed by atoms with Crippen LogP contribution in [0.25, 0.3) is 0 Å². The first-order valence-electron chi connectivity index (χ1n) is 12.4. The standard InChI is InChI=1S/C27H44O/c1-19(18-28)8-7-9-20(2)23-13-14-24-22-12-11-21-10-5-6-16-26(21,3)25(22)15-17-27(23,24)4/h11,19-20,23-24,28H,5-10,12-18H2,1-4H3/t19?,20-,23-,24+,26+,27-/m1/s1. The van der Waals surface area contributed by atoms with Crippen LogP contribution in [0.5, 0.6) is 0 Å². The molecule has 4 aliphatic rings. The van der Waals surface area contributed by atoms with Gasteiger partial charge in [0.15, 0.2) is 0 Å². The summed E-state index contributed by atoms with van der Waals surface area (Å²) in [6.07, 6.45) is 19.1. The van der Waals surface area contributed by atoms with Crippen LogP contribution in [0.3, 0.4) is 0 Å². The van der Waals surface area contributed by atoms with E-state index in [1.165, 1.54) is 77.0 Å². The second-order valence-electron chi connectivity index (χ2n) is 11.4. The van der Waals surface area contributed by atoms with Crippen LogP contribution < -0.4 is 0 Å². The maximum Gasteiger partial charge on any atom is 0.0456 e. The first-order valence-corrected chi connectivity index (χ1v) is 12.4. The van der Waals surface area contributed by atoms with Gasteiger partial charge >= 0.3 is 0 Å². The fraction of sp³-hybridized carbons (Fsp3) is 0.852. The summed E-state index contributed by atoms with van der Waals surface area (Å²) >= 11 is 0. The molecule has 0 heterocycles. The lowest BCUT2D eigenvalue weighted by Gasteiger charge is -2.51. The van der Waals surface area contributed by atoms with Crippen LogP contribution in [0.2, 0.25) is 0 Å². The van der Waals surface area contributed by atoms with Gasteiger partial charge in [-0.1, -0.05) is 69.8 Å². The molecule has 0 spiro atoms. The molecule has 0 bridgehead atoms. The van der Waals surface area contributed by atoms with E-state index in [2.05, 4.69) is 33.8 Å². The zero-order valence-corrected chi connectivity index (χ0v) is 19.0. The smallest absolute Gasteiger partial charge is 0.0456 e. The molecule has 0 amide bonds. The minimum absolute atomic E-state index is 0.350. The molecule has 1 heteroatoms. The Balaban J connectivity index is 1.49. The number of fused-ring (bicyclic) bond motifs is 4. The maximum absolute atomic E-state index is 9.31. The minimum Gasteiger partial charge on any atom is -0.396 e. The van der Waals surface area contributed by atoms with Gasteiger partial charge in [-0.2, -0.15) is 0 Å². The van der Waals surface area contributed by atoms with E-state index in [4.69, 9.17) is 0 Å². The van der Waals surface area contributed by atoms with Crippen LogP contribution in [-0.4, -0.2) is 11.7 Å². The highest BCUT2D eigenvalue weighted by atomic mass is 16.3. The predicted octanol–water partition coefficient (Wildman–Crippen LogP) is 7.45. The topological polar surface area (TPSA) is 20.2 Å². The number of allylic oxidation sites excluding steroid dienone is 4. The first kappa shape index (κ1) is 20.7. The van der Waals surface area contributed by atoms with Gasteiger partial charge < -0.3 is 5.11 Å². The van der Waals surface area contributed by atoms with Gasteiger partial charge in [0.25, 0.3) is 0 Å². The molecule has 0 aromatic heterocycles. The van der Waals surface area contributed by atoms with Crippen molar-refractivity contribution in [3.8, 4) is 0 Å². The van der Waals surface area contributed by atoms with E-state index in [1.807, 2.05) is 11.1 Å². The average Bonchev–Trinajstić information content (AvgIpc) is 3.04. The van der Waals surface area contributed by atoms with Gasteiger partial charge in [-0.25, -0.2) is 0 Å². The lowest BCUT2D eigenvalue weighted by Crippen LogP contribution is -2.40. The van der Waals surface area contributed by atoms with E-state index in [0.717, 1.165) is 17.8 Å². The van der Waals surface area contributed by atoms with Crippen LogP contribution in [0.15, 0.2) is 22.8 Å². The molecule has 0 radical (unpaired) electrons. The first-order chi connectivity index (χ1) is 13.4. The molecule has 0 aromatic carbocycles. The Hall–Kier alpha value is -0.560. The third kappa shape index (κ3) is 3.34. The largest absolute Gasteiger partial charge is 0.396 e. The normalized spacial score (nSPS) is 39.7. The van der Waals surface area contributed by atoms with Crippen molar-refractivity contribution in [2.24, 2.45) is 34.5 Å². The Morgan fingerprint density at radius 3 is 2.68 bits per heavy atom. The molecule has 0 aliphatic heterocycles. The van der Waals surface area contributed by atoms with Crippen LogP contribution in [0, 0.1) is 34.5 Å². The van der Waals surface area contributed by atoms with E-state index in [0.29, 0.717) is 23.4 Å². The molecular weight excluding hydrogens is 340 g/mol. The number of hydrogen-bond acceptors (Lipinski definition) is 1. The highest BCUT2D eigenvalue weighted by molar-refractivity contribution is 5.43. The van der Waals surface area contributed by atoms with Crippen molar-refractivity contribution in [1.82, 2.24) is 0 Å². The maximum atomic E-state index is 9.31. The fourth-order valence-electron chi connectivity index (χ4n) is 8.01. The van der Waals surface area contributed by atoms with Crippen molar-refractivity contribution in [3.05, 3.63) is 22.8 Å². The van der Waals surface area contributed by atoms with Crippen LogP contribution in [0.4, 0.5) is 0 Å². The number of rotatable bonds is 6. The summed E-state index contributed by atoms with van der Waals surface area (Å²) in [7, 11) is 0. The second kappa shape index (κ2) is 7.93. The Morgan fingerprint density at radius 2 is 1.89 bits per heavy atom. The molecule has 6 atom stereocenters. The van der Waals surface area contributed by atoms with Crippen molar-refractivity contribution >= 4 is 0 Å². The van der Waals surface area contributed by atoms with Crippen LogP contribution in [-0.2, 0) is 0 Å². The number of aliphatic hydroxyl groups is 1. The zero-order valence-electron chi connectivity index (χ0n) is 19.0. The van der Waals surface area contributed by atoms with Crippen LogP contribution in [0.1, 0.15) is 105 Å². The van der Waals surface area contributed by atoms with Gasteiger partial charge in [0.2, 0.25) is 0 Å². The number of hydrogen-bond donors (Lipinski definition) is 1. The predicted molar refractivity (Wildman–Crippen MR) is 119 cm³/mol. The molecule has 4 rings (SSSR count). The second-order valence-corrected chi connectivity index (χ2v) is 11.4.